The number of carboxylic acid groups (broad SMARTS) is 1. The Hall–Kier alpha value is -1.62. The van der Waals surface area contributed by atoms with E-state index in [2.05, 4.69) is 21.2 Å². The molecule has 5 heteroatoms. The number of benzene rings is 1. The highest BCUT2D eigenvalue weighted by atomic mass is 79.9. The van der Waals surface area contributed by atoms with Gasteiger partial charge in [0.05, 0.1) is 17.5 Å². The normalized spacial score (nSPS) is 21.1. The van der Waals surface area contributed by atoms with Crippen molar-refractivity contribution in [3.63, 3.8) is 0 Å². The van der Waals surface area contributed by atoms with Crippen molar-refractivity contribution >= 4 is 33.5 Å². The van der Waals surface area contributed by atoms with Crippen LogP contribution >= 0.6 is 15.9 Å². The van der Waals surface area contributed by atoms with E-state index in [1.807, 2.05) is 38.1 Å². The van der Waals surface area contributed by atoms with Crippen molar-refractivity contribution in [2.45, 2.75) is 26.7 Å². The maximum absolute atomic E-state index is 12.4. The molecule has 4 nitrogen and oxygen atoms in total. The number of nitrogens with one attached hydrogen (secondary N) is 1. The zero-order chi connectivity index (χ0) is 15.6. The van der Waals surface area contributed by atoms with Crippen molar-refractivity contribution in [2.75, 3.05) is 5.32 Å². The number of aryl methyl sites for hydroxylation is 2. The Morgan fingerprint density at radius 1 is 1.19 bits per heavy atom. The fourth-order valence-electron chi connectivity index (χ4n) is 2.67. The van der Waals surface area contributed by atoms with Gasteiger partial charge in [0.2, 0.25) is 5.91 Å². The Morgan fingerprint density at radius 2 is 1.81 bits per heavy atom. The van der Waals surface area contributed by atoms with E-state index in [4.69, 9.17) is 0 Å². The number of rotatable bonds is 3. The van der Waals surface area contributed by atoms with Gasteiger partial charge in [0.1, 0.15) is 0 Å². The number of hydrogen-bond acceptors (Lipinski definition) is 2. The zero-order valence-corrected chi connectivity index (χ0v) is 13.6. The van der Waals surface area contributed by atoms with Gasteiger partial charge in [0, 0.05) is 4.47 Å². The summed E-state index contributed by atoms with van der Waals surface area (Å²) in [4.78, 5) is 23.7. The molecule has 2 N–H and O–H groups in total. The molecule has 0 heterocycles. The molecular formula is C16H18BrNO3. The molecular weight excluding hydrogens is 334 g/mol. The van der Waals surface area contributed by atoms with Crippen LogP contribution in [0, 0.1) is 25.7 Å². The standard InChI is InChI=1S/C16H18BrNO3/c1-9-7-10(2)14(13(17)8-9)18-15(19)11-5-3-4-6-12(11)16(20)21/h3-4,7-8,11-12H,5-6H2,1-2H3,(H,18,19)(H,20,21)/t11-,12+/m1/s1. The molecule has 1 aliphatic carbocycles. The number of allylic oxidation sites excluding steroid dienone is 2. The molecule has 1 aromatic carbocycles. The maximum Gasteiger partial charge on any atom is 0.307 e. The molecule has 2 atom stereocenters. The third kappa shape index (κ3) is 3.53. The van der Waals surface area contributed by atoms with Crippen molar-refractivity contribution in [2.24, 2.45) is 11.8 Å². The van der Waals surface area contributed by atoms with Crippen LogP contribution in [-0.2, 0) is 9.59 Å². The monoisotopic (exact) mass is 351 g/mol. The summed E-state index contributed by atoms with van der Waals surface area (Å²) in [5.74, 6) is -2.33. The minimum Gasteiger partial charge on any atom is -0.481 e. The number of halogens is 1. The van der Waals surface area contributed by atoms with Crippen LogP contribution in [0.25, 0.3) is 0 Å². The van der Waals surface area contributed by atoms with Crippen LogP contribution in [0.2, 0.25) is 0 Å². The minimum absolute atomic E-state index is 0.237. The van der Waals surface area contributed by atoms with Gasteiger partial charge in [0.25, 0.3) is 0 Å². The van der Waals surface area contributed by atoms with Gasteiger partial charge in [-0.1, -0.05) is 18.2 Å². The Balaban J connectivity index is 2.21. The molecule has 0 aliphatic heterocycles. The summed E-state index contributed by atoms with van der Waals surface area (Å²) < 4.78 is 0.812. The predicted molar refractivity (Wildman–Crippen MR) is 85.2 cm³/mol. The van der Waals surface area contributed by atoms with Crippen LogP contribution < -0.4 is 5.32 Å². The number of carbonyl (C=O) groups is 2. The van der Waals surface area contributed by atoms with Crippen LogP contribution in [0.4, 0.5) is 5.69 Å². The summed E-state index contributed by atoms with van der Waals surface area (Å²) in [5, 5.41) is 12.1. The topological polar surface area (TPSA) is 66.4 Å². The molecule has 0 fully saturated rings. The summed E-state index contributed by atoms with van der Waals surface area (Å²) >= 11 is 3.45. The number of amides is 1. The Labute approximate surface area is 132 Å². The number of hydrogen-bond donors (Lipinski definition) is 2. The molecule has 112 valence electrons. The van der Waals surface area contributed by atoms with Crippen LogP contribution in [0.15, 0.2) is 28.8 Å². The van der Waals surface area contributed by atoms with E-state index < -0.39 is 17.8 Å². The average molecular weight is 352 g/mol. The maximum atomic E-state index is 12.4. The van der Waals surface area contributed by atoms with Crippen molar-refractivity contribution in [1.29, 1.82) is 0 Å². The minimum atomic E-state index is -0.917. The van der Waals surface area contributed by atoms with Gasteiger partial charge in [-0.15, -0.1) is 0 Å². The first-order chi connectivity index (χ1) is 9.90. The van der Waals surface area contributed by atoms with E-state index in [-0.39, 0.29) is 5.91 Å². The lowest BCUT2D eigenvalue weighted by Crippen LogP contribution is -2.35. The average Bonchev–Trinajstić information content (AvgIpc) is 2.42. The highest BCUT2D eigenvalue weighted by Crippen LogP contribution is 2.31. The number of anilines is 1. The highest BCUT2D eigenvalue weighted by Gasteiger charge is 2.34. The lowest BCUT2D eigenvalue weighted by molar-refractivity contribution is -0.146. The highest BCUT2D eigenvalue weighted by molar-refractivity contribution is 9.10. The van der Waals surface area contributed by atoms with Crippen LogP contribution in [0.5, 0.6) is 0 Å². The lowest BCUT2D eigenvalue weighted by Gasteiger charge is -2.25. The lowest BCUT2D eigenvalue weighted by atomic mass is 9.82. The second-order valence-electron chi connectivity index (χ2n) is 5.42. The molecule has 0 saturated heterocycles. The summed E-state index contributed by atoms with van der Waals surface area (Å²) in [6.07, 6.45) is 4.57. The Bertz CT molecular complexity index is 587. The smallest absolute Gasteiger partial charge is 0.307 e. The van der Waals surface area contributed by atoms with E-state index in [0.717, 1.165) is 15.6 Å². The number of carbonyl (C=O) groups excluding carboxylic acids is 1. The molecule has 1 aromatic rings. The number of aliphatic carboxylic acids is 1. The molecule has 2 rings (SSSR count). The fraction of sp³-hybridized carbons (Fsp3) is 0.375. The van der Waals surface area contributed by atoms with Crippen LogP contribution in [0.1, 0.15) is 24.0 Å². The van der Waals surface area contributed by atoms with E-state index >= 15 is 0 Å². The first-order valence-corrected chi connectivity index (χ1v) is 7.65. The molecule has 0 spiro atoms. The van der Waals surface area contributed by atoms with Gasteiger partial charge in [0.15, 0.2) is 0 Å². The molecule has 0 saturated carbocycles. The largest absolute Gasteiger partial charge is 0.481 e. The van der Waals surface area contributed by atoms with E-state index in [0.29, 0.717) is 18.5 Å². The Morgan fingerprint density at radius 3 is 2.38 bits per heavy atom. The van der Waals surface area contributed by atoms with E-state index in [1.165, 1.54) is 0 Å². The molecule has 1 amide bonds. The van der Waals surface area contributed by atoms with Gasteiger partial charge in [-0.05, 0) is 59.8 Å². The first kappa shape index (κ1) is 15.8. The molecule has 0 bridgehead atoms. The molecule has 21 heavy (non-hydrogen) atoms. The van der Waals surface area contributed by atoms with E-state index in [1.54, 1.807) is 0 Å². The Kier molecular flexibility index (Phi) is 4.83. The van der Waals surface area contributed by atoms with Crippen molar-refractivity contribution in [1.82, 2.24) is 0 Å². The van der Waals surface area contributed by atoms with Gasteiger partial charge in [-0.2, -0.15) is 0 Å². The van der Waals surface area contributed by atoms with Crippen LogP contribution in [0.3, 0.4) is 0 Å². The summed E-state index contributed by atoms with van der Waals surface area (Å²) in [7, 11) is 0. The predicted octanol–water partition coefficient (Wildman–Crippen LogP) is 3.67. The molecule has 0 aromatic heterocycles. The van der Waals surface area contributed by atoms with E-state index in [9.17, 15) is 14.7 Å². The molecule has 0 unspecified atom stereocenters. The first-order valence-electron chi connectivity index (χ1n) is 6.85. The third-order valence-corrected chi connectivity index (χ3v) is 4.39. The van der Waals surface area contributed by atoms with Crippen molar-refractivity contribution in [3.8, 4) is 0 Å². The number of carboxylic acids is 1. The SMILES string of the molecule is Cc1cc(C)c(NC(=O)[C@@H]2CC=CC[C@@H]2C(=O)O)c(Br)c1. The molecule has 1 aliphatic rings. The zero-order valence-electron chi connectivity index (χ0n) is 12.0. The fourth-order valence-corrected chi connectivity index (χ4v) is 3.44. The van der Waals surface area contributed by atoms with Gasteiger partial charge >= 0.3 is 5.97 Å². The van der Waals surface area contributed by atoms with Crippen LogP contribution in [-0.4, -0.2) is 17.0 Å². The quantitative estimate of drug-likeness (QED) is 0.816. The summed E-state index contributed by atoms with van der Waals surface area (Å²) in [6.45, 7) is 3.90. The van der Waals surface area contributed by atoms with Gasteiger partial charge in [-0.25, -0.2) is 0 Å². The summed E-state index contributed by atoms with van der Waals surface area (Å²) in [6, 6.07) is 3.91. The molecule has 0 radical (unpaired) electrons. The third-order valence-electron chi connectivity index (χ3n) is 3.77. The van der Waals surface area contributed by atoms with Gasteiger partial charge in [-0.3, -0.25) is 9.59 Å². The second-order valence-corrected chi connectivity index (χ2v) is 6.28. The van der Waals surface area contributed by atoms with Crippen molar-refractivity contribution < 1.29 is 14.7 Å². The summed E-state index contributed by atoms with van der Waals surface area (Å²) in [5.41, 5.74) is 2.76. The van der Waals surface area contributed by atoms with Gasteiger partial charge < -0.3 is 10.4 Å². The second kappa shape index (κ2) is 6.43. The van der Waals surface area contributed by atoms with Crippen molar-refractivity contribution in [3.05, 3.63) is 39.9 Å².